The van der Waals surface area contributed by atoms with Gasteiger partial charge < -0.3 is 94.1 Å². The van der Waals surface area contributed by atoms with Gasteiger partial charge in [0, 0.05) is 22.0 Å². The Bertz CT molecular complexity index is 2240. The first kappa shape index (κ1) is 60.6. The van der Waals surface area contributed by atoms with E-state index in [4.69, 9.17) is 37.9 Å². The van der Waals surface area contributed by atoms with E-state index in [-0.39, 0.29) is 24.9 Å². The highest BCUT2D eigenvalue weighted by molar-refractivity contribution is 5.88. The molecular formula is C56H88O21. The minimum Gasteiger partial charge on any atom is -0.454 e. The van der Waals surface area contributed by atoms with Crippen molar-refractivity contribution in [1.82, 2.24) is 0 Å². The molecule has 438 valence electrons. The summed E-state index contributed by atoms with van der Waals surface area (Å²) < 4.78 is 49.5. The van der Waals surface area contributed by atoms with E-state index in [9.17, 15) is 65.8 Å². The van der Waals surface area contributed by atoms with Crippen LogP contribution in [0.5, 0.6) is 0 Å². The molecule has 0 spiro atoms. The van der Waals surface area contributed by atoms with Crippen molar-refractivity contribution in [1.29, 1.82) is 0 Å². The number of esters is 2. The molecular weight excluding hydrogens is 1010 g/mol. The summed E-state index contributed by atoms with van der Waals surface area (Å²) in [6.45, 7) is 16.7. The average molecular weight is 1100 g/mol. The lowest BCUT2D eigenvalue weighted by molar-refractivity contribution is -0.380. The van der Waals surface area contributed by atoms with Gasteiger partial charge in [0.2, 0.25) is 0 Å². The third kappa shape index (κ3) is 9.73. The Morgan fingerprint density at radius 3 is 1.78 bits per heavy atom. The molecule has 5 aliphatic carbocycles. The van der Waals surface area contributed by atoms with Gasteiger partial charge in [-0.25, -0.2) is 9.59 Å². The monoisotopic (exact) mass is 1100 g/mol. The van der Waals surface area contributed by atoms with E-state index in [1.165, 1.54) is 0 Å². The van der Waals surface area contributed by atoms with Gasteiger partial charge >= 0.3 is 11.9 Å². The lowest BCUT2D eigenvalue weighted by atomic mass is 9.33. The van der Waals surface area contributed by atoms with Gasteiger partial charge in [0.1, 0.15) is 67.1 Å². The molecule has 8 rings (SSSR count). The molecule has 21 heteroatoms. The number of allylic oxidation sites excluding steroid dienone is 4. The first-order chi connectivity index (χ1) is 36.1. The molecule has 0 radical (unpaired) electrons. The number of fused-ring (bicyclic) bond motifs is 7. The third-order valence-electron chi connectivity index (χ3n) is 21.0. The largest absolute Gasteiger partial charge is 0.454 e. The van der Waals surface area contributed by atoms with E-state index < -0.39 is 181 Å². The minimum absolute atomic E-state index is 0.000269. The lowest BCUT2D eigenvalue weighted by Gasteiger charge is -2.72. The van der Waals surface area contributed by atoms with Gasteiger partial charge in [0.25, 0.3) is 0 Å². The standard InChI is InChI=1S/C56H88O21/c1-11-26(3)46(68)76-44-45(77-47(69)27(4)12-2)56(25-60)29(19-51(44,5)6)28-13-14-34-52(7)17-16-36(53(8,24-59)33(52)15-18-54(34,9)55(28,10)20-35(56)62)73-50-43(75-49-41(67)39(65)37(63)31(21-57)71-49)42(30(61)23-70-50)74-48-40(66)38(64)32(22-58)72-48/h11-13,29-45,48-50,57-67H,14-25H2,1-10H3/b26-11+,27-12-/t29?,30-,31+,32-,33?,34?,35+,36-,37+,38-,39-,40+,41+,42-,43+,44-,45-,48-,49-,50+,52-,53+,54+,55+,56-/m0/s1. The third-order valence-corrected chi connectivity index (χ3v) is 21.0. The summed E-state index contributed by atoms with van der Waals surface area (Å²) >= 11 is 0. The van der Waals surface area contributed by atoms with Crippen molar-refractivity contribution < 1.29 is 104 Å². The number of ether oxygens (including phenoxy) is 8. The summed E-state index contributed by atoms with van der Waals surface area (Å²) in [5.74, 6) is -1.88. The molecule has 3 aliphatic heterocycles. The molecule has 3 saturated heterocycles. The topological polar surface area (TPSA) is 331 Å². The van der Waals surface area contributed by atoms with Gasteiger partial charge in [-0.2, -0.15) is 0 Å². The molecule has 77 heavy (non-hydrogen) atoms. The van der Waals surface area contributed by atoms with Crippen LogP contribution in [0.25, 0.3) is 0 Å². The first-order valence-electron chi connectivity index (χ1n) is 27.6. The van der Waals surface area contributed by atoms with Crippen molar-refractivity contribution >= 4 is 11.9 Å². The number of carbonyl (C=O) groups excluding carboxylic acids is 2. The van der Waals surface area contributed by atoms with Crippen molar-refractivity contribution in [2.75, 3.05) is 33.0 Å². The second-order valence-electron chi connectivity index (χ2n) is 25.3. The molecule has 8 aliphatic rings. The lowest BCUT2D eigenvalue weighted by Crippen LogP contribution is -2.72. The van der Waals surface area contributed by atoms with Gasteiger partial charge in [0.15, 0.2) is 25.0 Å². The zero-order valence-electron chi connectivity index (χ0n) is 46.3. The molecule has 0 amide bonds. The van der Waals surface area contributed by atoms with Crippen molar-refractivity contribution in [3.8, 4) is 0 Å². The molecule has 7 fully saturated rings. The molecule has 3 heterocycles. The quantitative estimate of drug-likeness (QED) is 0.0496. The summed E-state index contributed by atoms with van der Waals surface area (Å²) in [6, 6.07) is 0. The number of hydrogen-bond acceptors (Lipinski definition) is 21. The highest BCUT2D eigenvalue weighted by atomic mass is 16.8. The molecule has 3 unspecified atom stereocenters. The predicted octanol–water partition coefficient (Wildman–Crippen LogP) is 0.811. The van der Waals surface area contributed by atoms with Gasteiger partial charge in [-0.1, -0.05) is 65.3 Å². The van der Waals surface area contributed by atoms with Crippen LogP contribution >= 0.6 is 0 Å². The maximum absolute atomic E-state index is 13.8. The molecule has 11 N–H and O–H groups in total. The van der Waals surface area contributed by atoms with E-state index >= 15 is 0 Å². The molecule has 0 aromatic rings. The number of aliphatic hydroxyl groups is 11. The van der Waals surface area contributed by atoms with Crippen molar-refractivity contribution in [3.63, 3.8) is 0 Å². The second kappa shape index (κ2) is 22.3. The number of hydrogen-bond donors (Lipinski definition) is 11. The smallest absolute Gasteiger partial charge is 0.333 e. The SMILES string of the molecule is C/C=C(/C)C(=O)O[C@H]1[C@H](OC(=O)/C(C)=C/C)C(C)(C)CC2C3=CCC4[C@@]5(C)CC[C@H](O[C@H]6OC[C@H](O)[C@H](O[C@@H]7O[C@@H](CO)[C@H](O)[C@H]7O)[C@H]6O[C@@H]6O[C@H](CO)[C@@H](O)[C@H](O)[C@H]6O)[C@](C)(CO)C5CC[C@@]4(C)[C@]3(C)C[C@@H](O)[C@]21CO. The molecule has 4 saturated carbocycles. The summed E-state index contributed by atoms with van der Waals surface area (Å²) in [4.78, 5) is 27.4. The van der Waals surface area contributed by atoms with E-state index in [1.807, 2.05) is 20.8 Å². The van der Waals surface area contributed by atoms with Crippen LogP contribution in [0.3, 0.4) is 0 Å². The molecule has 25 atom stereocenters. The molecule has 0 aromatic carbocycles. The van der Waals surface area contributed by atoms with Crippen LogP contribution in [0.2, 0.25) is 0 Å². The zero-order chi connectivity index (χ0) is 56.7. The Morgan fingerprint density at radius 1 is 0.662 bits per heavy atom. The van der Waals surface area contributed by atoms with Gasteiger partial charge in [0.05, 0.1) is 50.7 Å². The summed E-state index contributed by atoms with van der Waals surface area (Å²) in [6.07, 6.45) is -15.8. The Kier molecular flexibility index (Phi) is 17.6. The van der Waals surface area contributed by atoms with E-state index in [1.54, 1.807) is 39.8 Å². The number of aliphatic hydroxyl groups excluding tert-OH is 11. The molecule has 21 nitrogen and oxygen atoms in total. The number of rotatable bonds is 14. The second-order valence-corrected chi connectivity index (χ2v) is 25.3. The normalized spacial score (nSPS) is 49.9. The van der Waals surface area contributed by atoms with E-state index in [0.29, 0.717) is 49.7 Å². The fourth-order valence-electron chi connectivity index (χ4n) is 15.9. The fourth-order valence-corrected chi connectivity index (χ4v) is 15.9. The Labute approximate surface area is 451 Å². The van der Waals surface area contributed by atoms with E-state index in [2.05, 4.69) is 26.8 Å². The zero-order valence-corrected chi connectivity index (χ0v) is 46.3. The Morgan fingerprint density at radius 2 is 1.22 bits per heavy atom. The molecule has 0 aromatic heterocycles. The average Bonchev–Trinajstić information content (AvgIpc) is 3.86. The highest BCUT2D eigenvalue weighted by Gasteiger charge is 2.74. The van der Waals surface area contributed by atoms with Gasteiger partial charge in [-0.15, -0.1) is 0 Å². The maximum atomic E-state index is 13.8. The summed E-state index contributed by atoms with van der Waals surface area (Å²) in [5, 5.41) is 122. The predicted molar refractivity (Wildman–Crippen MR) is 270 cm³/mol. The first-order valence-corrected chi connectivity index (χ1v) is 27.6. The Balaban J connectivity index is 1.11. The van der Waals surface area contributed by atoms with Crippen LogP contribution in [0.15, 0.2) is 34.9 Å². The fraction of sp³-hybridized carbons (Fsp3) is 0.857. The maximum Gasteiger partial charge on any atom is 0.333 e. The van der Waals surface area contributed by atoms with E-state index in [0.717, 1.165) is 5.57 Å². The van der Waals surface area contributed by atoms with Crippen LogP contribution in [0, 0.1) is 50.2 Å². The van der Waals surface area contributed by atoms with Crippen molar-refractivity contribution in [3.05, 3.63) is 34.9 Å². The summed E-state index contributed by atoms with van der Waals surface area (Å²) in [5.41, 5.74) is -2.97. The minimum atomic E-state index is -1.89. The van der Waals surface area contributed by atoms with Gasteiger partial charge in [-0.3, -0.25) is 0 Å². The number of carbonyl (C=O) groups is 2. The van der Waals surface area contributed by atoms with Crippen LogP contribution in [-0.2, 0) is 47.5 Å². The van der Waals surface area contributed by atoms with Crippen molar-refractivity contribution in [2.45, 2.75) is 219 Å². The summed E-state index contributed by atoms with van der Waals surface area (Å²) in [7, 11) is 0. The molecule has 0 bridgehead atoms. The van der Waals surface area contributed by atoms with Gasteiger partial charge in [-0.05, 0) is 107 Å². The van der Waals surface area contributed by atoms with Crippen molar-refractivity contribution in [2.24, 2.45) is 50.2 Å². The highest BCUT2D eigenvalue weighted by Crippen LogP contribution is 2.76. The Hall–Kier alpha value is -2.52. The van der Waals surface area contributed by atoms with Crippen LogP contribution in [0.4, 0.5) is 0 Å². The van der Waals surface area contributed by atoms with Crippen LogP contribution in [0.1, 0.15) is 114 Å². The van der Waals surface area contributed by atoms with Crippen LogP contribution < -0.4 is 0 Å². The van der Waals surface area contributed by atoms with Crippen LogP contribution in [-0.4, -0.2) is 205 Å².